The molecule has 0 spiro atoms. The Kier molecular flexibility index (Phi) is 4.55. The van der Waals surface area contributed by atoms with Gasteiger partial charge >= 0.3 is 10.1 Å². The quantitative estimate of drug-likeness (QED) is 0.787. The standard InChI is InChI=1S/C18H28NO3S/c1-14-8-12-17(13-9-14)23(20,21)22-19(3)15(2)10-11-16-6-4-5-7-18(16)19/h8-9,12-13,15-16,18H,4-7,10-11H2,1-3H3/q+1. The van der Waals surface area contributed by atoms with Crippen LogP contribution in [-0.4, -0.2) is 32.2 Å². The molecular formula is C18H28NO3S+. The van der Waals surface area contributed by atoms with E-state index < -0.39 is 10.1 Å². The van der Waals surface area contributed by atoms with Crippen molar-refractivity contribution in [1.82, 2.24) is 0 Å². The summed E-state index contributed by atoms with van der Waals surface area (Å²) in [5.41, 5.74) is 1.04. The molecule has 1 aliphatic heterocycles. The number of piperidine rings is 1. The molecule has 1 saturated heterocycles. The predicted octanol–water partition coefficient (Wildman–Crippen LogP) is 3.80. The first kappa shape index (κ1) is 16.9. The molecule has 0 amide bonds. The van der Waals surface area contributed by atoms with Crippen LogP contribution in [0, 0.1) is 12.8 Å². The zero-order valence-corrected chi connectivity index (χ0v) is 15.2. The topological polar surface area (TPSA) is 43.4 Å². The van der Waals surface area contributed by atoms with Crippen LogP contribution in [0.25, 0.3) is 0 Å². The lowest BCUT2D eigenvalue weighted by molar-refractivity contribution is -1.11. The Morgan fingerprint density at radius 1 is 1.04 bits per heavy atom. The van der Waals surface area contributed by atoms with Crippen molar-refractivity contribution in [2.75, 3.05) is 7.05 Å². The van der Waals surface area contributed by atoms with Crippen LogP contribution in [0.15, 0.2) is 29.2 Å². The van der Waals surface area contributed by atoms with Crippen molar-refractivity contribution in [3.05, 3.63) is 29.8 Å². The van der Waals surface area contributed by atoms with E-state index >= 15 is 0 Å². The van der Waals surface area contributed by atoms with E-state index in [1.807, 2.05) is 26.1 Å². The molecule has 3 rings (SSSR count). The number of benzene rings is 1. The maximum absolute atomic E-state index is 12.8. The largest absolute Gasteiger partial charge is 0.342 e. The fourth-order valence-corrected chi connectivity index (χ4v) is 5.56. The number of likely N-dealkylation sites (tertiary alicyclic amines) is 1. The molecule has 0 N–H and O–H groups in total. The van der Waals surface area contributed by atoms with Gasteiger partial charge in [-0.3, -0.25) is 0 Å². The fourth-order valence-electron chi connectivity index (χ4n) is 4.33. The summed E-state index contributed by atoms with van der Waals surface area (Å²) in [5.74, 6) is 0.596. The minimum atomic E-state index is -3.75. The van der Waals surface area contributed by atoms with Gasteiger partial charge in [-0.05, 0) is 45.2 Å². The van der Waals surface area contributed by atoms with Crippen LogP contribution in [0.4, 0.5) is 0 Å². The van der Waals surface area contributed by atoms with E-state index in [-0.39, 0.29) is 15.6 Å². The molecule has 0 bridgehead atoms. The van der Waals surface area contributed by atoms with Gasteiger partial charge in [-0.25, -0.2) is 0 Å². The van der Waals surface area contributed by atoms with E-state index in [1.165, 1.54) is 25.7 Å². The Morgan fingerprint density at radius 2 is 1.70 bits per heavy atom. The molecule has 1 saturated carbocycles. The van der Waals surface area contributed by atoms with Crippen LogP contribution >= 0.6 is 0 Å². The Morgan fingerprint density at radius 3 is 2.39 bits per heavy atom. The third-order valence-corrected chi connectivity index (χ3v) is 7.29. The highest BCUT2D eigenvalue weighted by Gasteiger charge is 2.51. The predicted molar refractivity (Wildman–Crippen MR) is 90.1 cm³/mol. The summed E-state index contributed by atoms with van der Waals surface area (Å²) in [4.78, 5) is 0.257. The van der Waals surface area contributed by atoms with Crippen LogP contribution in [0.3, 0.4) is 0 Å². The molecule has 4 unspecified atom stereocenters. The Hall–Kier alpha value is -0.910. The number of nitrogens with zero attached hydrogens (tertiary/aromatic N) is 1. The number of aryl methyl sites for hydroxylation is 1. The van der Waals surface area contributed by atoms with Crippen molar-refractivity contribution in [2.45, 2.75) is 69.4 Å². The van der Waals surface area contributed by atoms with Gasteiger partial charge in [-0.2, -0.15) is 13.1 Å². The summed E-state index contributed by atoms with van der Waals surface area (Å²) in [5, 5.41) is 0. The van der Waals surface area contributed by atoms with E-state index in [1.54, 1.807) is 12.1 Å². The molecule has 1 heterocycles. The lowest BCUT2D eigenvalue weighted by Gasteiger charge is -2.50. The second kappa shape index (κ2) is 6.19. The Labute approximate surface area is 140 Å². The van der Waals surface area contributed by atoms with Crippen LogP contribution in [0.5, 0.6) is 0 Å². The van der Waals surface area contributed by atoms with Crippen LogP contribution < -0.4 is 0 Å². The fraction of sp³-hybridized carbons (Fsp3) is 0.667. The molecular weight excluding hydrogens is 310 g/mol. The summed E-state index contributed by atoms with van der Waals surface area (Å²) in [6, 6.07) is 7.42. The molecule has 4 nitrogen and oxygen atoms in total. The maximum Gasteiger partial charge on any atom is 0.342 e. The highest BCUT2D eigenvalue weighted by atomic mass is 32.2. The number of rotatable bonds is 3. The van der Waals surface area contributed by atoms with Gasteiger partial charge in [-0.15, -0.1) is 0 Å². The second-order valence-electron chi connectivity index (χ2n) is 7.44. The first-order valence-electron chi connectivity index (χ1n) is 8.72. The number of fused-ring (bicyclic) bond motifs is 1. The van der Waals surface area contributed by atoms with Crippen molar-refractivity contribution in [2.24, 2.45) is 5.92 Å². The zero-order chi connectivity index (χ0) is 16.7. The molecule has 2 aliphatic rings. The van der Waals surface area contributed by atoms with Crippen molar-refractivity contribution >= 4 is 10.1 Å². The first-order valence-corrected chi connectivity index (χ1v) is 10.1. The van der Waals surface area contributed by atoms with E-state index in [0.29, 0.717) is 12.0 Å². The van der Waals surface area contributed by atoms with Gasteiger partial charge in [0.05, 0.1) is 4.90 Å². The third-order valence-electron chi connectivity index (χ3n) is 5.93. The van der Waals surface area contributed by atoms with Crippen molar-refractivity contribution in [1.29, 1.82) is 0 Å². The van der Waals surface area contributed by atoms with Crippen molar-refractivity contribution < 1.29 is 17.3 Å². The third kappa shape index (κ3) is 3.19. The smallest absolute Gasteiger partial charge is 0.189 e. The molecule has 4 atom stereocenters. The van der Waals surface area contributed by atoms with E-state index in [2.05, 4.69) is 6.92 Å². The molecule has 0 radical (unpaired) electrons. The monoisotopic (exact) mass is 338 g/mol. The van der Waals surface area contributed by atoms with Crippen LogP contribution in [0.2, 0.25) is 0 Å². The summed E-state index contributed by atoms with van der Waals surface area (Å²) in [6.07, 6.45) is 6.94. The van der Waals surface area contributed by atoms with Crippen molar-refractivity contribution in [3.63, 3.8) is 0 Å². The van der Waals surface area contributed by atoms with E-state index in [9.17, 15) is 8.42 Å². The van der Waals surface area contributed by atoms with Gasteiger partial charge in [0, 0.05) is 18.8 Å². The lowest BCUT2D eigenvalue weighted by Crippen LogP contribution is -2.64. The summed E-state index contributed by atoms with van der Waals surface area (Å²) in [6.45, 7) is 4.07. The van der Waals surface area contributed by atoms with Crippen molar-refractivity contribution in [3.8, 4) is 0 Å². The molecule has 5 heteroatoms. The highest BCUT2D eigenvalue weighted by molar-refractivity contribution is 7.86. The van der Waals surface area contributed by atoms with Gasteiger partial charge in [-0.1, -0.05) is 28.4 Å². The maximum atomic E-state index is 12.8. The van der Waals surface area contributed by atoms with Gasteiger partial charge in [0.2, 0.25) is 0 Å². The number of hydroxylamine groups is 3. The average molecular weight is 338 g/mol. The zero-order valence-electron chi connectivity index (χ0n) is 14.4. The normalized spacial score (nSPS) is 34.8. The van der Waals surface area contributed by atoms with Crippen LogP contribution in [-0.2, 0) is 14.4 Å². The molecule has 0 aromatic heterocycles. The Bertz CT molecular complexity index is 655. The average Bonchev–Trinajstić information content (AvgIpc) is 2.51. The molecule has 1 aromatic carbocycles. The highest BCUT2D eigenvalue weighted by Crippen LogP contribution is 2.43. The molecule has 2 fully saturated rings. The molecule has 23 heavy (non-hydrogen) atoms. The SMILES string of the molecule is Cc1ccc(S(=O)(=O)O[N+]2(C)C(C)CCC3CCCCC32)cc1. The van der Waals surface area contributed by atoms with Gasteiger partial charge in [0.25, 0.3) is 0 Å². The number of hydrogen-bond donors (Lipinski definition) is 0. The van der Waals surface area contributed by atoms with Gasteiger partial charge < -0.3 is 0 Å². The summed E-state index contributed by atoms with van der Waals surface area (Å²) in [7, 11) is -1.78. The molecule has 1 aliphatic carbocycles. The minimum absolute atomic E-state index is 0.203. The van der Waals surface area contributed by atoms with Gasteiger partial charge in [0.1, 0.15) is 19.1 Å². The molecule has 1 aromatic rings. The van der Waals surface area contributed by atoms with E-state index in [4.69, 9.17) is 4.28 Å². The summed E-state index contributed by atoms with van der Waals surface area (Å²) < 4.78 is 31.7. The number of quaternary nitrogens is 1. The van der Waals surface area contributed by atoms with E-state index in [0.717, 1.165) is 18.4 Å². The first-order chi connectivity index (χ1) is 10.8. The van der Waals surface area contributed by atoms with Crippen LogP contribution in [0.1, 0.15) is 51.0 Å². The number of hydrogen-bond acceptors (Lipinski definition) is 3. The molecule has 128 valence electrons. The lowest BCUT2D eigenvalue weighted by atomic mass is 9.76. The minimum Gasteiger partial charge on any atom is -0.189 e. The van der Waals surface area contributed by atoms with Gasteiger partial charge in [0.15, 0.2) is 0 Å². The Balaban J connectivity index is 1.90. The summed E-state index contributed by atoms with van der Waals surface area (Å²) >= 11 is 0. The second-order valence-corrected chi connectivity index (χ2v) is 8.97.